The van der Waals surface area contributed by atoms with E-state index in [2.05, 4.69) is 10.3 Å². The SMILES string of the molecule is O=C(O)C1CCCC1CNc1ncc([N+](=O)[O-])s1. The van der Waals surface area contributed by atoms with Crippen LogP contribution in [0.1, 0.15) is 19.3 Å². The highest BCUT2D eigenvalue weighted by atomic mass is 32.1. The van der Waals surface area contributed by atoms with Gasteiger partial charge in [-0.25, -0.2) is 4.98 Å². The summed E-state index contributed by atoms with van der Waals surface area (Å²) in [6.45, 7) is 0.502. The molecular formula is C10H13N3O4S. The number of nitrogens with one attached hydrogen (secondary N) is 1. The Bertz CT molecular complexity index is 462. The number of aromatic nitrogens is 1. The van der Waals surface area contributed by atoms with Crippen LogP contribution >= 0.6 is 11.3 Å². The second kappa shape index (κ2) is 5.30. The van der Waals surface area contributed by atoms with Crippen LogP contribution in [0, 0.1) is 22.0 Å². The van der Waals surface area contributed by atoms with E-state index in [0.717, 1.165) is 24.2 Å². The molecule has 7 nitrogen and oxygen atoms in total. The number of anilines is 1. The first-order chi connectivity index (χ1) is 8.58. The van der Waals surface area contributed by atoms with Gasteiger partial charge in [0.2, 0.25) is 0 Å². The van der Waals surface area contributed by atoms with E-state index in [1.165, 1.54) is 6.20 Å². The van der Waals surface area contributed by atoms with Crippen LogP contribution in [0.2, 0.25) is 0 Å². The van der Waals surface area contributed by atoms with Gasteiger partial charge in [-0.2, -0.15) is 0 Å². The number of carboxylic acids is 1. The van der Waals surface area contributed by atoms with Crippen LogP contribution in [0.4, 0.5) is 10.1 Å². The number of hydrogen-bond acceptors (Lipinski definition) is 6. The van der Waals surface area contributed by atoms with Crippen molar-refractivity contribution >= 4 is 27.4 Å². The molecule has 2 atom stereocenters. The second-order valence-electron chi connectivity index (χ2n) is 4.28. The van der Waals surface area contributed by atoms with Crippen molar-refractivity contribution in [2.75, 3.05) is 11.9 Å². The third kappa shape index (κ3) is 2.76. The highest BCUT2D eigenvalue weighted by molar-refractivity contribution is 7.18. The first kappa shape index (κ1) is 12.7. The van der Waals surface area contributed by atoms with Crippen LogP contribution in [-0.4, -0.2) is 27.5 Å². The predicted octanol–water partition coefficient (Wildman–Crippen LogP) is 1.96. The number of aliphatic carboxylic acids is 1. The third-order valence-electron chi connectivity index (χ3n) is 3.17. The van der Waals surface area contributed by atoms with Gasteiger partial charge in [0.1, 0.15) is 6.20 Å². The van der Waals surface area contributed by atoms with Crippen LogP contribution < -0.4 is 5.32 Å². The van der Waals surface area contributed by atoms with Gasteiger partial charge < -0.3 is 10.4 Å². The molecule has 0 saturated heterocycles. The molecule has 0 amide bonds. The van der Waals surface area contributed by atoms with Gasteiger partial charge in [-0.05, 0) is 30.1 Å². The molecule has 1 aliphatic carbocycles. The Morgan fingerprint density at radius 2 is 2.44 bits per heavy atom. The molecule has 98 valence electrons. The number of thiazole rings is 1. The molecule has 2 rings (SSSR count). The maximum Gasteiger partial charge on any atom is 0.345 e. The van der Waals surface area contributed by atoms with Gasteiger partial charge in [-0.15, -0.1) is 0 Å². The summed E-state index contributed by atoms with van der Waals surface area (Å²) in [4.78, 5) is 24.9. The van der Waals surface area contributed by atoms with Crippen molar-refractivity contribution in [3.63, 3.8) is 0 Å². The summed E-state index contributed by atoms with van der Waals surface area (Å²) in [6, 6.07) is 0. The molecule has 1 aromatic rings. The molecule has 2 N–H and O–H groups in total. The van der Waals surface area contributed by atoms with Crippen LogP contribution in [0.5, 0.6) is 0 Å². The molecule has 0 radical (unpaired) electrons. The van der Waals surface area contributed by atoms with Crippen LogP contribution in [0.25, 0.3) is 0 Å². The van der Waals surface area contributed by atoms with Crippen molar-refractivity contribution in [1.29, 1.82) is 0 Å². The third-order valence-corrected chi connectivity index (χ3v) is 4.07. The van der Waals surface area contributed by atoms with Gasteiger partial charge >= 0.3 is 11.0 Å². The first-order valence-electron chi connectivity index (χ1n) is 5.65. The fraction of sp³-hybridized carbons (Fsp3) is 0.600. The van der Waals surface area contributed by atoms with E-state index in [0.29, 0.717) is 18.1 Å². The maximum atomic E-state index is 11.0. The first-order valence-corrected chi connectivity index (χ1v) is 6.46. The molecule has 1 aliphatic rings. The van der Waals surface area contributed by atoms with Crippen molar-refractivity contribution < 1.29 is 14.8 Å². The molecule has 1 saturated carbocycles. The highest BCUT2D eigenvalue weighted by Crippen LogP contribution is 2.33. The van der Waals surface area contributed by atoms with E-state index in [-0.39, 0.29) is 16.8 Å². The zero-order valence-corrected chi connectivity index (χ0v) is 10.4. The normalized spacial score (nSPS) is 22.9. The lowest BCUT2D eigenvalue weighted by Crippen LogP contribution is -2.24. The van der Waals surface area contributed by atoms with Crippen molar-refractivity contribution in [2.45, 2.75) is 19.3 Å². The minimum absolute atomic E-state index is 0.0151. The highest BCUT2D eigenvalue weighted by Gasteiger charge is 2.32. The zero-order chi connectivity index (χ0) is 13.1. The number of nitrogens with zero attached hydrogens (tertiary/aromatic N) is 2. The second-order valence-corrected chi connectivity index (χ2v) is 5.29. The fourth-order valence-electron chi connectivity index (χ4n) is 2.26. The lowest BCUT2D eigenvalue weighted by molar-refractivity contribution is -0.380. The minimum Gasteiger partial charge on any atom is -0.481 e. The van der Waals surface area contributed by atoms with Crippen molar-refractivity contribution in [3.05, 3.63) is 16.3 Å². The summed E-state index contributed by atoms with van der Waals surface area (Å²) < 4.78 is 0. The average molecular weight is 271 g/mol. The van der Waals surface area contributed by atoms with E-state index in [1.807, 2.05) is 0 Å². The number of carboxylic acid groups (broad SMARTS) is 1. The van der Waals surface area contributed by atoms with Gasteiger partial charge in [0.05, 0.1) is 10.8 Å². The molecule has 0 aliphatic heterocycles. The Balaban J connectivity index is 1.90. The molecule has 1 heterocycles. The molecule has 0 spiro atoms. The quantitative estimate of drug-likeness (QED) is 0.626. The molecule has 8 heteroatoms. The number of nitro groups is 1. The summed E-state index contributed by atoms with van der Waals surface area (Å²) in [7, 11) is 0. The summed E-state index contributed by atoms with van der Waals surface area (Å²) in [5, 5.41) is 23.0. The predicted molar refractivity (Wildman–Crippen MR) is 65.7 cm³/mol. The number of hydrogen-bond donors (Lipinski definition) is 2. The summed E-state index contributed by atoms with van der Waals surface area (Å²) in [6.07, 6.45) is 3.70. The monoisotopic (exact) mass is 271 g/mol. The molecule has 0 bridgehead atoms. The fourth-order valence-corrected chi connectivity index (χ4v) is 2.90. The van der Waals surface area contributed by atoms with Gasteiger partial charge in [0.25, 0.3) is 0 Å². The molecule has 18 heavy (non-hydrogen) atoms. The van der Waals surface area contributed by atoms with Gasteiger partial charge in [0, 0.05) is 6.54 Å². The van der Waals surface area contributed by atoms with Gasteiger partial charge in [0.15, 0.2) is 5.13 Å². The molecule has 2 unspecified atom stereocenters. The molecular weight excluding hydrogens is 258 g/mol. The van der Waals surface area contributed by atoms with Crippen molar-refractivity contribution in [2.24, 2.45) is 11.8 Å². The summed E-state index contributed by atoms with van der Waals surface area (Å²) in [5.41, 5.74) is 0. The largest absolute Gasteiger partial charge is 0.481 e. The van der Waals surface area contributed by atoms with E-state index in [9.17, 15) is 14.9 Å². The Morgan fingerprint density at radius 1 is 1.67 bits per heavy atom. The lowest BCUT2D eigenvalue weighted by atomic mass is 9.96. The standard InChI is InChI=1S/C10H13N3O4S/c14-9(15)7-3-1-2-6(7)4-11-10-12-5-8(18-10)13(16)17/h5-7H,1-4H2,(H,11,12)(H,14,15). The Labute approximate surface area is 107 Å². The Morgan fingerprint density at radius 3 is 3.06 bits per heavy atom. The van der Waals surface area contributed by atoms with E-state index < -0.39 is 10.9 Å². The molecule has 0 aromatic carbocycles. The lowest BCUT2D eigenvalue weighted by Gasteiger charge is -2.15. The van der Waals surface area contributed by atoms with Crippen LogP contribution in [0.3, 0.4) is 0 Å². The topological polar surface area (TPSA) is 105 Å². The van der Waals surface area contributed by atoms with E-state index in [1.54, 1.807) is 0 Å². The van der Waals surface area contributed by atoms with Crippen molar-refractivity contribution in [3.8, 4) is 0 Å². The number of carbonyl (C=O) groups is 1. The van der Waals surface area contributed by atoms with Gasteiger partial charge in [-0.1, -0.05) is 6.42 Å². The van der Waals surface area contributed by atoms with E-state index >= 15 is 0 Å². The average Bonchev–Trinajstić information content (AvgIpc) is 2.95. The maximum absolute atomic E-state index is 11.0. The summed E-state index contributed by atoms with van der Waals surface area (Å²) >= 11 is 0.965. The molecule has 1 fully saturated rings. The summed E-state index contributed by atoms with van der Waals surface area (Å²) in [5.74, 6) is -0.998. The molecule has 1 aromatic heterocycles. The zero-order valence-electron chi connectivity index (χ0n) is 9.54. The number of rotatable bonds is 5. The van der Waals surface area contributed by atoms with Gasteiger partial charge in [-0.3, -0.25) is 14.9 Å². The Kier molecular flexibility index (Phi) is 3.75. The van der Waals surface area contributed by atoms with E-state index in [4.69, 9.17) is 5.11 Å². The minimum atomic E-state index is -0.760. The van der Waals surface area contributed by atoms with Crippen LogP contribution in [0.15, 0.2) is 6.20 Å². The Hall–Kier alpha value is -1.70. The smallest absolute Gasteiger partial charge is 0.345 e. The van der Waals surface area contributed by atoms with Crippen molar-refractivity contribution in [1.82, 2.24) is 4.98 Å². The van der Waals surface area contributed by atoms with Crippen LogP contribution in [-0.2, 0) is 4.79 Å².